The van der Waals surface area contributed by atoms with Gasteiger partial charge in [0.2, 0.25) is 0 Å². The fraction of sp³-hybridized carbons (Fsp3) is 0.431. The molecule has 4 bridgehead atoms. The van der Waals surface area contributed by atoms with Crippen molar-refractivity contribution in [2.24, 2.45) is 35.5 Å². The number of hydrogen-bond acceptors (Lipinski definition) is 5. The van der Waals surface area contributed by atoms with Gasteiger partial charge in [-0.1, -0.05) is 100 Å². The zero-order chi connectivity index (χ0) is 38.6. The van der Waals surface area contributed by atoms with E-state index in [0.717, 1.165) is 46.6 Å². The molecule has 0 amide bonds. The molecule has 5 heteroatoms. The number of benzene rings is 4. The predicted octanol–water partition coefficient (Wildman–Crippen LogP) is 12.5. The minimum atomic E-state index is 0.255. The molecular weight excluding hydrogens is 683 g/mol. The summed E-state index contributed by atoms with van der Waals surface area (Å²) in [5.74, 6) is 6.27. The van der Waals surface area contributed by atoms with Gasteiger partial charge in [0.25, 0.3) is 0 Å². The molecule has 0 N–H and O–H groups in total. The summed E-state index contributed by atoms with van der Waals surface area (Å²) in [6, 6.07) is 36.1. The van der Waals surface area contributed by atoms with E-state index in [1.165, 1.54) is 75.3 Å². The summed E-state index contributed by atoms with van der Waals surface area (Å²) in [6.07, 6.45) is 13.4. The van der Waals surface area contributed by atoms with Crippen LogP contribution in [-0.4, -0.2) is 15.0 Å². The minimum Gasteiger partial charge on any atom is -0.208 e. The van der Waals surface area contributed by atoms with Crippen molar-refractivity contribution >= 4 is 0 Å². The summed E-state index contributed by atoms with van der Waals surface area (Å²) >= 11 is 0. The maximum Gasteiger partial charge on any atom is 0.164 e. The Hall–Kier alpha value is -5.13. The van der Waals surface area contributed by atoms with Crippen LogP contribution in [0.1, 0.15) is 114 Å². The van der Waals surface area contributed by atoms with Gasteiger partial charge in [0.1, 0.15) is 0 Å². The molecule has 2 unspecified atom stereocenters. The first-order valence-corrected chi connectivity index (χ1v) is 21.1. The second-order valence-electron chi connectivity index (χ2n) is 19.0. The van der Waals surface area contributed by atoms with Crippen LogP contribution in [0.5, 0.6) is 0 Å². The van der Waals surface area contributed by atoms with Crippen LogP contribution in [0.2, 0.25) is 0 Å². The van der Waals surface area contributed by atoms with E-state index in [1.807, 2.05) is 30.3 Å². The standard InChI is InChI=1S/C51H53N5/c1-32-14-36-15-33(2)25-50(24-32,28-36)45-21-43(22-46(23-45)51-26-34(3)16-37(29-51)17-35(4)27-51)40-10-12-42(13-11-40)48-54-47(41-8-6-5-7-9-41)55-49(56-48)44-19-38(30-52)18-39(20-44)31-53/h5-13,18-23,32-37H,14-17,24-29H2,1-4H3/t32-,33+,34-,35+,36-,37-,50?,51?. The van der Waals surface area contributed by atoms with Gasteiger partial charge in [-0.2, -0.15) is 10.5 Å². The lowest BCUT2D eigenvalue weighted by Gasteiger charge is -2.52. The Morgan fingerprint density at radius 1 is 0.446 bits per heavy atom. The third kappa shape index (κ3) is 6.96. The molecule has 4 aliphatic rings. The lowest BCUT2D eigenvalue weighted by atomic mass is 9.52. The SMILES string of the molecule is C[C@@H]1C[C@@H]2C[C@H](C)CC(c3cc(-c4ccc(-c5nc(-c6ccccc6)nc(-c6cc(C#N)cc(C#N)c6)n5)cc4)cc(C45C[C@H](C)C[C@H](C[C@H](C)C4)C5)c3)(C1)C2. The topological polar surface area (TPSA) is 86.2 Å². The summed E-state index contributed by atoms with van der Waals surface area (Å²) in [5.41, 5.74) is 9.48. The number of fused-ring (bicyclic) bond motifs is 4. The van der Waals surface area contributed by atoms with E-state index in [2.05, 4.69) is 82.3 Å². The van der Waals surface area contributed by atoms with Gasteiger partial charge >= 0.3 is 0 Å². The molecule has 0 saturated heterocycles. The van der Waals surface area contributed by atoms with Crippen molar-refractivity contribution in [3.8, 4) is 57.4 Å². The first kappa shape index (κ1) is 36.5. The molecule has 0 radical (unpaired) electrons. The zero-order valence-electron chi connectivity index (χ0n) is 33.4. The summed E-state index contributed by atoms with van der Waals surface area (Å²) in [5, 5.41) is 19.4. The van der Waals surface area contributed by atoms with E-state index in [-0.39, 0.29) is 10.8 Å². The molecule has 5 aromatic rings. The Labute approximate surface area is 333 Å². The van der Waals surface area contributed by atoms with Crippen LogP contribution in [0.3, 0.4) is 0 Å². The Bertz CT molecular complexity index is 2220. The van der Waals surface area contributed by atoms with Gasteiger partial charge in [0.05, 0.1) is 23.3 Å². The van der Waals surface area contributed by atoms with E-state index in [1.54, 1.807) is 29.3 Å². The Balaban J connectivity index is 1.15. The first-order chi connectivity index (χ1) is 27.1. The molecule has 5 nitrogen and oxygen atoms in total. The van der Waals surface area contributed by atoms with Gasteiger partial charge < -0.3 is 0 Å². The van der Waals surface area contributed by atoms with E-state index in [0.29, 0.717) is 34.2 Å². The molecule has 4 fully saturated rings. The van der Waals surface area contributed by atoms with Crippen molar-refractivity contribution in [1.29, 1.82) is 10.5 Å². The maximum absolute atomic E-state index is 9.72. The first-order valence-electron chi connectivity index (χ1n) is 21.1. The number of hydrogen-bond donors (Lipinski definition) is 0. The van der Waals surface area contributed by atoms with Crippen molar-refractivity contribution in [3.05, 3.63) is 113 Å². The van der Waals surface area contributed by atoms with Crippen molar-refractivity contribution in [3.63, 3.8) is 0 Å². The molecule has 4 saturated carbocycles. The lowest BCUT2D eigenvalue weighted by Crippen LogP contribution is -2.44. The number of nitrogens with zero attached hydrogens (tertiary/aromatic N) is 5. The Morgan fingerprint density at radius 2 is 0.857 bits per heavy atom. The monoisotopic (exact) mass is 735 g/mol. The van der Waals surface area contributed by atoms with Gasteiger partial charge in [0, 0.05) is 16.7 Å². The average Bonchev–Trinajstić information content (AvgIpc) is 3.19. The zero-order valence-corrected chi connectivity index (χ0v) is 33.4. The van der Waals surface area contributed by atoms with Gasteiger partial charge in [-0.3, -0.25) is 0 Å². The maximum atomic E-state index is 9.72. The van der Waals surface area contributed by atoms with Crippen LogP contribution >= 0.6 is 0 Å². The molecule has 0 aliphatic heterocycles. The van der Waals surface area contributed by atoms with E-state index in [4.69, 9.17) is 15.0 Å². The summed E-state index contributed by atoms with van der Waals surface area (Å²) < 4.78 is 0. The van der Waals surface area contributed by atoms with Crippen LogP contribution in [0, 0.1) is 58.2 Å². The molecule has 1 aromatic heterocycles. The highest BCUT2D eigenvalue weighted by Crippen LogP contribution is 2.58. The van der Waals surface area contributed by atoms with Gasteiger partial charge in [-0.25, -0.2) is 15.0 Å². The number of nitriles is 2. The lowest BCUT2D eigenvalue weighted by molar-refractivity contribution is 0.0738. The molecule has 9 rings (SSSR count). The van der Waals surface area contributed by atoms with Crippen LogP contribution < -0.4 is 0 Å². The van der Waals surface area contributed by atoms with Gasteiger partial charge in [-0.05, 0) is 151 Å². The minimum absolute atomic E-state index is 0.255. The van der Waals surface area contributed by atoms with Crippen LogP contribution in [0.4, 0.5) is 0 Å². The number of rotatable bonds is 6. The van der Waals surface area contributed by atoms with Crippen LogP contribution in [0.25, 0.3) is 45.3 Å². The molecule has 282 valence electrons. The van der Waals surface area contributed by atoms with Crippen molar-refractivity contribution in [1.82, 2.24) is 15.0 Å². The number of aromatic nitrogens is 3. The summed E-state index contributed by atoms with van der Waals surface area (Å²) in [6.45, 7) is 10.0. The molecule has 0 spiro atoms. The van der Waals surface area contributed by atoms with Crippen molar-refractivity contribution in [2.45, 2.75) is 103 Å². The fourth-order valence-corrected chi connectivity index (χ4v) is 12.6. The smallest absolute Gasteiger partial charge is 0.164 e. The summed E-state index contributed by atoms with van der Waals surface area (Å²) in [4.78, 5) is 14.8. The van der Waals surface area contributed by atoms with E-state index in [9.17, 15) is 10.5 Å². The second kappa shape index (κ2) is 14.4. The normalized spacial score (nSPS) is 29.5. The third-order valence-corrected chi connectivity index (χ3v) is 14.0. The highest BCUT2D eigenvalue weighted by molar-refractivity contribution is 5.72. The molecule has 1 heterocycles. The highest BCUT2D eigenvalue weighted by atomic mass is 15.0. The molecule has 4 aromatic carbocycles. The largest absolute Gasteiger partial charge is 0.208 e. The molecule has 8 atom stereocenters. The van der Waals surface area contributed by atoms with Gasteiger partial charge in [-0.15, -0.1) is 0 Å². The fourth-order valence-electron chi connectivity index (χ4n) is 12.6. The van der Waals surface area contributed by atoms with Gasteiger partial charge in [0.15, 0.2) is 17.5 Å². The van der Waals surface area contributed by atoms with Crippen molar-refractivity contribution in [2.75, 3.05) is 0 Å². The quantitative estimate of drug-likeness (QED) is 0.173. The van der Waals surface area contributed by atoms with Crippen LogP contribution in [0.15, 0.2) is 91.0 Å². The predicted molar refractivity (Wildman–Crippen MR) is 224 cm³/mol. The molecular formula is C51H53N5. The second-order valence-corrected chi connectivity index (χ2v) is 19.0. The third-order valence-electron chi connectivity index (χ3n) is 14.0. The molecule has 4 aliphatic carbocycles. The van der Waals surface area contributed by atoms with Crippen molar-refractivity contribution < 1.29 is 0 Å². The summed E-state index contributed by atoms with van der Waals surface area (Å²) in [7, 11) is 0. The van der Waals surface area contributed by atoms with E-state index < -0.39 is 0 Å². The Morgan fingerprint density at radius 3 is 1.30 bits per heavy atom. The molecule has 56 heavy (non-hydrogen) atoms. The highest BCUT2D eigenvalue weighted by Gasteiger charge is 2.48. The Kier molecular flexibility index (Phi) is 9.40. The average molecular weight is 736 g/mol. The van der Waals surface area contributed by atoms with E-state index >= 15 is 0 Å². The van der Waals surface area contributed by atoms with Crippen LogP contribution in [-0.2, 0) is 10.8 Å².